The summed E-state index contributed by atoms with van der Waals surface area (Å²) in [6.45, 7) is 7.48. The lowest BCUT2D eigenvalue weighted by Gasteiger charge is -2.18. The molecule has 0 bridgehead atoms. The van der Waals surface area contributed by atoms with Gasteiger partial charge in [0.1, 0.15) is 13.2 Å². The average Bonchev–Trinajstić information content (AvgIpc) is 2.59. The zero-order chi connectivity index (χ0) is 17.9. The first-order chi connectivity index (χ1) is 11.9. The van der Waals surface area contributed by atoms with Crippen LogP contribution in [0.1, 0.15) is 32.0 Å². The predicted octanol–water partition coefficient (Wildman–Crippen LogP) is 3.80. The summed E-state index contributed by atoms with van der Waals surface area (Å²) in [6, 6.07) is 9.28. The molecule has 2 heterocycles. The Morgan fingerprint density at radius 1 is 1.12 bits per heavy atom. The zero-order valence-corrected chi connectivity index (χ0v) is 14.7. The normalized spacial score (nSPS) is 13.7. The first-order valence-corrected chi connectivity index (χ1v) is 8.27. The molecule has 1 aliphatic rings. The van der Waals surface area contributed by atoms with E-state index in [2.05, 4.69) is 31.1 Å². The summed E-state index contributed by atoms with van der Waals surface area (Å²) in [6.07, 6.45) is 5.01. The largest absolute Gasteiger partial charge is 0.486 e. The van der Waals surface area contributed by atoms with Crippen LogP contribution in [0.25, 0.3) is 6.08 Å². The van der Waals surface area contributed by atoms with Gasteiger partial charge < -0.3 is 14.8 Å². The van der Waals surface area contributed by atoms with E-state index < -0.39 is 0 Å². The monoisotopic (exact) mass is 338 g/mol. The molecule has 1 aromatic heterocycles. The number of fused-ring (bicyclic) bond motifs is 1. The highest BCUT2D eigenvalue weighted by molar-refractivity contribution is 6.01. The van der Waals surface area contributed by atoms with Crippen molar-refractivity contribution in [3.05, 3.63) is 53.9 Å². The molecule has 1 amide bonds. The summed E-state index contributed by atoms with van der Waals surface area (Å²) >= 11 is 0. The number of rotatable bonds is 3. The standard InChI is InChI=1S/C20H22N2O3/c1-20(2,3)14-4-5-15(21-13-14)7-9-19(23)22-16-6-8-17-18(12-16)25-11-10-24-17/h4-9,12-13H,10-11H2,1-3H3,(H,22,23). The maximum atomic E-state index is 12.1. The Labute approximate surface area is 147 Å². The Morgan fingerprint density at radius 3 is 2.56 bits per heavy atom. The van der Waals surface area contributed by atoms with Gasteiger partial charge in [-0.2, -0.15) is 0 Å². The Morgan fingerprint density at radius 2 is 1.88 bits per heavy atom. The number of nitrogens with one attached hydrogen (secondary N) is 1. The van der Waals surface area contributed by atoms with Crippen LogP contribution in [0, 0.1) is 0 Å². The van der Waals surface area contributed by atoms with Crippen LogP contribution in [0.15, 0.2) is 42.6 Å². The van der Waals surface area contributed by atoms with Gasteiger partial charge in [-0.05, 0) is 35.3 Å². The second-order valence-electron chi connectivity index (χ2n) is 6.90. The number of benzene rings is 1. The quantitative estimate of drug-likeness (QED) is 0.865. The second-order valence-corrected chi connectivity index (χ2v) is 6.90. The van der Waals surface area contributed by atoms with Gasteiger partial charge in [-0.1, -0.05) is 26.8 Å². The van der Waals surface area contributed by atoms with Gasteiger partial charge in [0.05, 0.1) is 5.69 Å². The molecule has 1 aliphatic heterocycles. The molecule has 1 aromatic carbocycles. The van der Waals surface area contributed by atoms with Gasteiger partial charge in [-0.25, -0.2) is 0 Å². The highest BCUT2D eigenvalue weighted by Crippen LogP contribution is 2.32. The average molecular weight is 338 g/mol. The molecule has 0 saturated heterocycles. The number of hydrogen-bond donors (Lipinski definition) is 1. The highest BCUT2D eigenvalue weighted by Gasteiger charge is 2.14. The third-order valence-electron chi connectivity index (χ3n) is 3.87. The van der Waals surface area contributed by atoms with Gasteiger partial charge in [-0.15, -0.1) is 0 Å². The minimum atomic E-state index is -0.224. The van der Waals surface area contributed by atoms with E-state index >= 15 is 0 Å². The summed E-state index contributed by atoms with van der Waals surface area (Å²) in [5, 5.41) is 2.81. The van der Waals surface area contributed by atoms with Crippen LogP contribution >= 0.6 is 0 Å². The fourth-order valence-corrected chi connectivity index (χ4v) is 2.41. The summed E-state index contributed by atoms with van der Waals surface area (Å²) in [5.74, 6) is 1.12. The number of carbonyl (C=O) groups is 1. The zero-order valence-electron chi connectivity index (χ0n) is 14.7. The Bertz CT molecular complexity index is 790. The van der Waals surface area contributed by atoms with E-state index in [1.807, 2.05) is 18.3 Å². The van der Waals surface area contributed by atoms with Gasteiger partial charge in [0.25, 0.3) is 0 Å². The maximum Gasteiger partial charge on any atom is 0.248 e. The molecule has 0 saturated carbocycles. The Balaban J connectivity index is 1.63. The third kappa shape index (κ3) is 4.38. The minimum absolute atomic E-state index is 0.0604. The molecule has 0 spiro atoms. The number of carbonyl (C=O) groups excluding carboxylic acids is 1. The number of nitrogens with zero attached hydrogens (tertiary/aromatic N) is 1. The van der Waals surface area contributed by atoms with Crippen molar-refractivity contribution in [3.63, 3.8) is 0 Å². The summed E-state index contributed by atoms with van der Waals surface area (Å²) in [5.41, 5.74) is 2.62. The molecular weight excluding hydrogens is 316 g/mol. The van der Waals surface area contributed by atoms with Crippen molar-refractivity contribution in [2.75, 3.05) is 18.5 Å². The van der Waals surface area contributed by atoms with E-state index in [0.29, 0.717) is 30.4 Å². The van der Waals surface area contributed by atoms with E-state index in [9.17, 15) is 4.79 Å². The predicted molar refractivity (Wildman–Crippen MR) is 98.0 cm³/mol. The maximum absolute atomic E-state index is 12.1. The van der Waals surface area contributed by atoms with Crippen molar-refractivity contribution in [2.24, 2.45) is 0 Å². The van der Waals surface area contributed by atoms with Crippen molar-refractivity contribution in [2.45, 2.75) is 26.2 Å². The van der Waals surface area contributed by atoms with Gasteiger partial charge in [0, 0.05) is 24.0 Å². The van der Waals surface area contributed by atoms with E-state index in [4.69, 9.17) is 9.47 Å². The molecular formula is C20H22N2O3. The highest BCUT2D eigenvalue weighted by atomic mass is 16.6. The molecule has 5 heteroatoms. The number of hydrogen-bond acceptors (Lipinski definition) is 4. The summed E-state index contributed by atoms with van der Waals surface area (Å²) < 4.78 is 11.0. The first kappa shape index (κ1) is 17.0. The molecule has 25 heavy (non-hydrogen) atoms. The van der Waals surface area contributed by atoms with Gasteiger partial charge in [-0.3, -0.25) is 9.78 Å². The van der Waals surface area contributed by atoms with Gasteiger partial charge in [0.15, 0.2) is 11.5 Å². The summed E-state index contributed by atoms with van der Waals surface area (Å²) in [4.78, 5) is 16.5. The number of ether oxygens (including phenoxy) is 2. The SMILES string of the molecule is CC(C)(C)c1ccc(C=CC(=O)Nc2ccc3c(c2)OCCO3)nc1. The van der Waals surface area contributed by atoms with Crippen molar-refractivity contribution >= 4 is 17.7 Å². The Kier molecular flexibility index (Phi) is 4.74. The molecule has 0 aliphatic carbocycles. The van der Waals surface area contributed by atoms with Gasteiger partial charge in [0.2, 0.25) is 5.91 Å². The molecule has 5 nitrogen and oxygen atoms in total. The lowest BCUT2D eigenvalue weighted by atomic mass is 9.88. The first-order valence-electron chi connectivity index (χ1n) is 8.27. The van der Waals surface area contributed by atoms with E-state index in [0.717, 1.165) is 11.3 Å². The molecule has 0 unspecified atom stereocenters. The van der Waals surface area contributed by atoms with Crippen LogP contribution in [0.3, 0.4) is 0 Å². The lowest BCUT2D eigenvalue weighted by Crippen LogP contribution is -2.16. The third-order valence-corrected chi connectivity index (χ3v) is 3.87. The number of anilines is 1. The van der Waals surface area contributed by atoms with Crippen LogP contribution in [-0.2, 0) is 10.2 Å². The fourth-order valence-electron chi connectivity index (χ4n) is 2.41. The van der Waals surface area contributed by atoms with Crippen molar-refractivity contribution in [1.82, 2.24) is 4.98 Å². The van der Waals surface area contributed by atoms with Crippen molar-refractivity contribution < 1.29 is 14.3 Å². The van der Waals surface area contributed by atoms with Crippen molar-refractivity contribution in [3.8, 4) is 11.5 Å². The van der Waals surface area contributed by atoms with Crippen LogP contribution < -0.4 is 14.8 Å². The smallest absolute Gasteiger partial charge is 0.248 e. The van der Waals surface area contributed by atoms with E-state index in [-0.39, 0.29) is 11.3 Å². The van der Waals surface area contributed by atoms with E-state index in [1.54, 1.807) is 24.3 Å². The lowest BCUT2D eigenvalue weighted by molar-refractivity contribution is -0.111. The number of aromatic nitrogens is 1. The molecule has 0 radical (unpaired) electrons. The van der Waals surface area contributed by atoms with Crippen LogP contribution in [0.5, 0.6) is 11.5 Å². The second kappa shape index (κ2) is 6.97. The number of amides is 1. The topological polar surface area (TPSA) is 60.5 Å². The molecule has 1 N–H and O–H groups in total. The van der Waals surface area contributed by atoms with Crippen molar-refractivity contribution in [1.29, 1.82) is 0 Å². The van der Waals surface area contributed by atoms with Crippen LogP contribution in [-0.4, -0.2) is 24.1 Å². The van der Waals surface area contributed by atoms with E-state index in [1.165, 1.54) is 6.08 Å². The Hall–Kier alpha value is -2.82. The minimum Gasteiger partial charge on any atom is -0.486 e. The molecule has 2 aromatic rings. The van der Waals surface area contributed by atoms with Gasteiger partial charge >= 0.3 is 0 Å². The molecule has 0 atom stereocenters. The van der Waals surface area contributed by atoms with Crippen LogP contribution in [0.2, 0.25) is 0 Å². The number of pyridine rings is 1. The molecule has 0 fully saturated rings. The van der Waals surface area contributed by atoms with Crippen LogP contribution in [0.4, 0.5) is 5.69 Å². The summed E-state index contributed by atoms with van der Waals surface area (Å²) in [7, 11) is 0. The molecule has 130 valence electrons. The fraction of sp³-hybridized carbons (Fsp3) is 0.300. The molecule has 3 rings (SSSR count).